The molecule has 0 amide bonds. The molecule has 1 heterocycles. The predicted molar refractivity (Wildman–Crippen MR) is 90.8 cm³/mol. The molecule has 2 rings (SSSR count). The molecule has 0 bridgehead atoms. The van der Waals surface area contributed by atoms with E-state index in [4.69, 9.17) is 17.3 Å². The lowest BCUT2D eigenvalue weighted by Crippen LogP contribution is -2.05. The van der Waals surface area contributed by atoms with Crippen molar-refractivity contribution in [2.24, 2.45) is 5.92 Å². The van der Waals surface area contributed by atoms with Crippen molar-refractivity contribution in [3.05, 3.63) is 37.9 Å². The summed E-state index contributed by atoms with van der Waals surface area (Å²) < 4.78 is 1.62. The molecule has 3 nitrogen and oxygen atoms in total. The topological polar surface area (TPSA) is 51.8 Å². The van der Waals surface area contributed by atoms with Crippen LogP contribution in [0.4, 0.5) is 5.82 Å². The molecule has 0 spiro atoms. The van der Waals surface area contributed by atoms with Gasteiger partial charge in [0.15, 0.2) is 5.82 Å². The number of anilines is 1. The van der Waals surface area contributed by atoms with Crippen LogP contribution in [0, 0.1) is 5.92 Å². The van der Waals surface area contributed by atoms with Crippen LogP contribution in [0.5, 0.6) is 0 Å². The van der Waals surface area contributed by atoms with E-state index in [9.17, 15) is 0 Å². The van der Waals surface area contributed by atoms with E-state index in [-0.39, 0.29) is 0 Å². The van der Waals surface area contributed by atoms with Crippen LogP contribution in [0.3, 0.4) is 0 Å². The van der Waals surface area contributed by atoms with E-state index in [1.807, 2.05) is 18.2 Å². The summed E-state index contributed by atoms with van der Waals surface area (Å²) in [5.41, 5.74) is 7.73. The van der Waals surface area contributed by atoms with Crippen molar-refractivity contribution in [1.82, 2.24) is 9.97 Å². The maximum atomic E-state index is 6.12. The van der Waals surface area contributed by atoms with Gasteiger partial charge >= 0.3 is 0 Å². The van der Waals surface area contributed by atoms with Crippen LogP contribution in [0.25, 0.3) is 11.4 Å². The minimum Gasteiger partial charge on any atom is -0.383 e. The summed E-state index contributed by atoms with van der Waals surface area (Å²) in [4.78, 5) is 8.93. The minimum absolute atomic E-state index is 0.449. The first kappa shape index (κ1) is 15.7. The molecule has 1 aromatic carbocycles. The van der Waals surface area contributed by atoms with Crippen molar-refractivity contribution >= 4 is 49.3 Å². The maximum Gasteiger partial charge on any atom is 0.161 e. The Hall–Kier alpha value is -0.650. The molecular weight excluding hydrogens is 405 g/mol. The lowest BCUT2D eigenvalue weighted by Gasteiger charge is -2.11. The molecule has 0 radical (unpaired) electrons. The third-order valence-electron chi connectivity index (χ3n) is 2.72. The van der Waals surface area contributed by atoms with Crippen LogP contribution in [0.1, 0.15) is 19.5 Å². The monoisotopic (exact) mass is 417 g/mol. The predicted octanol–water partition coefficient (Wildman–Crippen LogP) is 5.10. The summed E-state index contributed by atoms with van der Waals surface area (Å²) in [5.74, 6) is 1.53. The van der Waals surface area contributed by atoms with E-state index in [1.54, 1.807) is 0 Å². The summed E-state index contributed by atoms with van der Waals surface area (Å²) in [6, 6.07) is 5.62. The molecule has 20 heavy (non-hydrogen) atoms. The molecule has 0 unspecified atom stereocenters. The fraction of sp³-hybridized carbons (Fsp3) is 0.286. The molecule has 0 aliphatic carbocycles. The molecule has 6 heteroatoms. The normalized spacial score (nSPS) is 11.1. The Kier molecular flexibility index (Phi) is 5.04. The SMILES string of the molecule is CC(C)Cc1nc(-c2ccc(Br)c(Cl)c2)nc(N)c1Br. The Bertz CT molecular complexity index is 645. The van der Waals surface area contributed by atoms with Crippen LogP contribution in [-0.2, 0) is 6.42 Å². The van der Waals surface area contributed by atoms with E-state index in [1.165, 1.54) is 0 Å². The van der Waals surface area contributed by atoms with Crippen LogP contribution in [-0.4, -0.2) is 9.97 Å². The van der Waals surface area contributed by atoms with Gasteiger partial charge in [0.05, 0.1) is 15.2 Å². The highest BCUT2D eigenvalue weighted by molar-refractivity contribution is 9.11. The van der Waals surface area contributed by atoms with E-state index in [0.717, 1.165) is 26.6 Å². The van der Waals surface area contributed by atoms with Crippen LogP contribution >= 0.6 is 43.5 Å². The fourth-order valence-electron chi connectivity index (χ4n) is 1.80. The number of hydrogen-bond acceptors (Lipinski definition) is 3. The molecule has 0 saturated heterocycles. The second-order valence-electron chi connectivity index (χ2n) is 4.92. The van der Waals surface area contributed by atoms with Gasteiger partial charge in [0, 0.05) is 10.0 Å². The highest BCUT2D eigenvalue weighted by Gasteiger charge is 2.13. The van der Waals surface area contributed by atoms with Crippen molar-refractivity contribution in [3.63, 3.8) is 0 Å². The molecule has 0 aliphatic rings. The van der Waals surface area contributed by atoms with Crippen LogP contribution < -0.4 is 5.73 Å². The molecule has 0 aliphatic heterocycles. The van der Waals surface area contributed by atoms with Gasteiger partial charge in [-0.15, -0.1) is 0 Å². The number of nitrogens with zero attached hydrogens (tertiary/aromatic N) is 2. The van der Waals surface area contributed by atoms with Gasteiger partial charge in [0.1, 0.15) is 5.82 Å². The van der Waals surface area contributed by atoms with E-state index in [2.05, 4.69) is 55.7 Å². The molecule has 0 atom stereocenters. The molecule has 2 aromatic rings. The zero-order chi connectivity index (χ0) is 14.9. The lowest BCUT2D eigenvalue weighted by molar-refractivity contribution is 0.633. The summed E-state index contributed by atoms with van der Waals surface area (Å²) in [6.07, 6.45) is 0.838. The zero-order valence-electron chi connectivity index (χ0n) is 11.1. The molecule has 0 fully saturated rings. The number of nitrogen functional groups attached to an aromatic ring is 1. The third-order valence-corrected chi connectivity index (χ3v) is 4.82. The molecule has 2 N–H and O–H groups in total. The summed E-state index contributed by atoms with van der Waals surface area (Å²) in [7, 11) is 0. The summed E-state index contributed by atoms with van der Waals surface area (Å²) in [5, 5.41) is 0.623. The Balaban J connectivity index is 2.51. The Labute approximate surface area is 140 Å². The van der Waals surface area contributed by atoms with E-state index in [0.29, 0.717) is 22.6 Å². The zero-order valence-corrected chi connectivity index (χ0v) is 15.1. The first-order chi connectivity index (χ1) is 9.38. The Morgan fingerprint density at radius 2 is 1.95 bits per heavy atom. The molecular formula is C14H14Br2ClN3. The first-order valence-electron chi connectivity index (χ1n) is 6.15. The summed E-state index contributed by atoms with van der Waals surface area (Å²) >= 11 is 12.9. The van der Waals surface area contributed by atoms with Gasteiger partial charge in [0.2, 0.25) is 0 Å². The van der Waals surface area contributed by atoms with Gasteiger partial charge in [0.25, 0.3) is 0 Å². The molecule has 106 valence electrons. The highest BCUT2D eigenvalue weighted by atomic mass is 79.9. The van der Waals surface area contributed by atoms with E-state index >= 15 is 0 Å². The number of halogens is 3. The number of rotatable bonds is 3. The maximum absolute atomic E-state index is 6.12. The second kappa shape index (κ2) is 6.41. The van der Waals surface area contributed by atoms with E-state index < -0.39 is 0 Å². The number of hydrogen-bond donors (Lipinski definition) is 1. The fourth-order valence-corrected chi connectivity index (χ4v) is 2.57. The van der Waals surface area contributed by atoms with Crippen molar-refractivity contribution in [1.29, 1.82) is 0 Å². The third kappa shape index (κ3) is 3.51. The standard InChI is InChI=1S/C14H14Br2ClN3/c1-7(2)5-11-12(16)13(18)20-14(19-11)8-3-4-9(15)10(17)6-8/h3-4,6-7H,5H2,1-2H3,(H2,18,19,20). The smallest absolute Gasteiger partial charge is 0.161 e. The van der Waals surface area contributed by atoms with Crippen molar-refractivity contribution in [2.75, 3.05) is 5.73 Å². The van der Waals surface area contributed by atoms with Crippen LogP contribution in [0.2, 0.25) is 5.02 Å². The average molecular weight is 420 g/mol. The molecule has 1 aromatic heterocycles. The first-order valence-corrected chi connectivity index (χ1v) is 8.12. The lowest BCUT2D eigenvalue weighted by atomic mass is 10.1. The van der Waals surface area contributed by atoms with Crippen molar-refractivity contribution in [3.8, 4) is 11.4 Å². The number of aromatic nitrogens is 2. The number of nitrogens with two attached hydrogens (primary N) is 1. The van der Waals surface area contributed by atoms with Crippen molar-refractivity contribution < 1.29 is 0 Å². The Morgan fingerprint density at radius 3 is 2.55 bits per heavy atom. The Morgan fingerprint density at radius 1 is 1.25 bits per heavy atom. The highest BCUT2D eigenvalue weighted by Crippen LogP contribution is 2.30. The van der Waals surface area contributed by atoms with Gasteiger partial charge in [-0.25, -0.2) is 9.97 Å². The van der Waals surface area contributed by atoms with Crippen LogP contribution in [0.15, 0.2) is 27.1 Å². The van der Waals surface area contributed by atoms with Crippen molar-refractivity contribution in [2.45, 2.75) is 20.3 Å². The average Bonchev–Trinajstić information content (AvgIpc) is 2.37. The van der Waals surface area contributed by atoms with Gasteiger partial charge in [-0.2, -0.15) is 0 Å². The summed E-state index contributed by atoms with van der Waals surface area (Å²) in [6.45, 7) is 4.28. The van der Waals surface area contributed by atoms with Gasteiger partial charge in [-0.1, -0.05) is 25.4 Å². The quantitative estimate of drug-likeness (QED) is 0.753. The minimum atomic E-state index is 0.449. The van der Waals surface area contributed by atoms with Gasteiger partial charge in [-0.3, -0.25) is 0 Å². The van der Waals surface area contributed by atoms with Gasteiger partial charge < -0.3 is 5.73 Å². The second-order valence-corrected chi connectivity index (χ2v) is 6.97. The molecule has 0 saturated carbocycles. The largest absolute Gasteiger partial charge is 0.383 e. The number of benzene rings is 1. The van der Waals surface area contributed by atoms with Gasteiger partial charge in [-0.05, 0) is 62.4 Å².